The molecule has 206 valence electrons. The molecule has 0 nitrogen and oxygen atoms in total. The molecule has 5 aromatic carbocycles. The predicted molar refractivity (Wildman–Crippen MR) is 184 cm³/mol. The predicted octanol–water partition coefficient (Wildman–Crippen LogP) is 11.1. The lowest BCUT2D eigenvalue weighted by Crippen LogP contribution is -2.27. The molecule has 0 aromatic heterocycles. The lowest BCUT2D eigenvalue weighted by atomic mass is 9.68. The van der Waals surface area contributed by atoms with Gasteiger partial charge in [0.25, 0.3) is 0 Å². The van der Waals surface area contributed by atoms with Crippen molar-refractivity contribution in [2.75, 3.05) is 0 Å². The molecule has 0 radical (unpaired) electrons. The molecule has 2 aliphatic carbocycles. The van der Waals surface area contributed by atoms with Gasteiger partial charge in [-0.25, -0.2) is 0 Å². The van der Waals surface area contributed by atoms with E-state index in [9.17, 15) is 0 Å². The van der Waals surface area contributed by atoms with E-state index in [0.717, 1.165) is 12.8 Å². The molecule has 1 atom stereocenters. The number of hydrogen-bond acceptors (Lipinski definition) is 0. The zero-order chi connectivity index (χ0) is 29.1. The Hall–Kier alpha value is -5.20. The molecule has 0 N–H and O–H groups in total. The minimum Gasteiger partial charge on any atom is -0.0991 e. The maximum absolute atomic E-state index is 3.84. The van der Waals surface area contributed by atoms with Gasteiger partial charge in [0, 0.05) is 5.41 Å². The van der Waals surface area contributed by atoms with Gasteiger partial charge >= 0.3 is 0 Å². The molecule has 0 amide bonds. The SMILES string of the molecule is C=C\C=C/C=C\C1=C\C=C/C=C\CC12c1cc(-c3ccc(Cc4ccccc4)cc3)ccc1-c1c2ccc2ccccc12. The van der Waals surface area contributed by atoms with Crippen LogP contribution in [0.15, 0.2) is 182 Å². The number of rotatable bonds is 6. The summed E-state index contributed by atoms with van der Waals surface area (Å²) in [5, 5.41) is 2.59. The first kappa shape index (κ1) is 26.7. The Morgan fingerprint density at radius 3 is 2.30 bits per heavy atom. The number of benzene rings is 5. The second-order valence-electron chi connectivity index (χ2n) is 11.4. The average molecular weight is 551 g/mol. The van der Waals surface area contributed by atoms with Crippen molar-refractivity contribution in [3.63, 3.8) is 0 Å². The topological polar surface area (TPSA) is 0 Å². The molecule has 0 aliphatic heterocycles. The van der Waals surface area contributed by atoms with E-state index in [2.05, 4.69) is 164 Å². The summed E-state index contributed by atoms with van der Waals surface area (Å²) in [4.78, 5) is 0. The highest BCUT2D eigenvalue weighted by Crippen LogP contribution is 2.57. The van der Waals surface area contributed by atoms with Crippen molar-refractivity contribution in [2.24, 2.45) is 0 Å². The van der Waals surface area contributed by atoms with E-state index in [-0.39, 0.29) is 5.41 Å². The van der Waals surface area contributed by atoms with Crippen LogP contribution in [0, 0.1) is 0 Å². The fraction of sp³-hybridized carbons (Fsp3) is 0.0698. The monoisotopic (exact) mass is 550 g/mol. The van der Waals surface area contributed by atoms with Gasteiger partial charge in [-0.2, -0.15) is 0 Å². The third-order valence-corrected chi connectivity index (χ3v) is 8.86. The van der Waals surface area contributed by atoms with Gasteiger partial charge in [-0.3, -0.25) is 0 Å². The Kier molecular flexibility index (Phi) is 7.19. The maximum Gasteiger partial charge on any atom is 0.0498 e. The summed E-state index contributed by atoms with van der Waals surface area (Å²) in [6, 6.07) is 40.4. The van der Waals surface area contributed by atoms with Crippen LogP contribution in [0.1, 0.15) is 28.7 Å². The maximum atomic E-state index is 3.84. The van der Waals surface area contributed by atoms with Crippen LogP contribution in [0.2, 0.25) is 0 Å². The van der Waals surface area contributed by atoms with Gasteiger partial charge in [0.15, 0.2) is 0 Å². The van der Waals surface area contributed by atoms with E-state index in [0.29, 0.717) is 0 Å². The van der Waals surface area contributed by atoms with Crippen LogP contribution in [-0.4, -0.2) is 0 Å². The van der Waals surface area contributed by atoms with Gasteiger partial charge in [0.05, 0.1) is 0 Å². The molecule has 0 bridgehead atoms. The first-order valence-electron chi connectivity index (χ1n) is 15.1. The highest BCUT2D eigenvalue weighted by atomic mass is 14.5. The fourth-order valence-electron chi connectivity index (χ4n) is 6.84. The minimum absolute atomic E-state index is 0.308. The number of allylic oxidation sites excluding steroid dienone is 11. The molecule has 0 heterocycles. The molecule has 0 saturated heterocycles. The van der Waals surface area contributed by atoms with Crippen molar-refractivity contribution in [2.45, 2.75) is 18.3 Å². The van der Waals surface area contributed by atoms with E-state index >= 15 is 0 Å². The minimum atomic E-state index is -0.308. The van der Waals surface area contributed by atoms with Crippen LogP contribution >= 0.6 is 0 Å². The molecule has 1 unspecified atom stereocenters. The molecule has 0 fully saturated rings. The van der Waals surface area contributed by atoms with Crippen molar-refractivity contribution < 1.29 is 0 Å². The van der Waals surface area contributed by atoms with Crippen molar-refractivity contribution in [1.29, 1.82) is 0 Å². The average Bonchev–Trinajstić information content (AvgIpc) is 3.33. The lowest BCUT2D eigenvalue weighted by Gasteiger charge is -2.34. The van der Waals surface area contributed by atoms with Gasteiger partial charge in [0.2, 0.25) is 0 Å². The molecule has 43 heavy (non-hydrogen) atoms. The summed E-state index contributed by atoms with van der Waals surface area (Å²) in [6.07, 6.45) is 23.2. The molecule has 0 heteroatoms. The molecule has 1 spiro atoms. The van der Waals surface area contributed by atoms with E-state index in [1.54, 1.807) is 0 Å². The second kappa shape index (κ2) is 11.6. The van der Waals surface area contributed by atoms with Crippen LogP contribution in [-0.2, 0) is 11.8 Å². The first-order valence-corrected chi connectivity index (χ1v) is 15.1. The summed E-state index contributed by atoms with van der Waals surface area (Å²) >= 11 is 0. The molecule has 5 aromatic rings. The Balaban J connectivity index is 1.40. The zero-order valence-corrected chi connectivity index (χ0v) is 24.3. The molecular weight excluding hydrogens is 516 g/mol. The van der Waals surface area contributed by atoms with Crippen LogP contribution in [0.3, 0.4) is 0 Å². The largest absolute Gasteiger partial charge is 0.0991 e. The van der Waals surface area contributed by atoms with Gasteiger partial charge in [-0.15, -0.1) is 0 Å². The van der Waals surface area contributed by atoms with Gasteiger partial charge in [0.1, 0.15) is 0 Å². The first-order chi connectivity index (χ1) is 21.3. The highest BCUT2D eigenvalue weighted by Gasteiger charge is 2.45. The van der Waals surface area contributed by atoms with Crippen LogP contribution < -0.4 is 0 Å². The molecule has 2 aliphatic rings. The summed E-state index contributed by atoms with van der Waals surface area (Å²) in [5.41, 5.74) is 11.6. The highest BCUT2D eigenvalue weighted by molar-refractivity contribution is 6.03. The summed E-state index contributed by atoms with van der Waals surface area (Å²) < 4.78 is 0. The molecule has 7 rings (SSSR count). The van der Waals surface area contributed by atoms with Crippen molar-refractivity contribution in [3.8, 4) is 22.3 Å². The van der Waals surface area contributed by atoms with E-state index in [1.165, 1.54) is 60.9 Å². The van der Waals surface area contributed by atoms with E-state index in [1.807, 2.05) is 12.2 Å². The summed E-state index contributed by atoms with van der Waals surface area (Å²) in [7, 11) is 0. The van der Waals surface area contributed by atoms with Crippen molar-refractivity contribution in [1.82, 2.24) is 0 Å². The Morgan fingerprint density at radius 1 is 0.651 bits per heavy atom. The van der Waals surface area contributed by atoms with Crippen molar-refractivity contribution in [3.05, 3.63) is 204 Å². The zero-order valence-electron chi connectivity index (χ0n) is 24.3. The van der Waals surface area contributed by atoms with Gasteiger partial charge in [-0.1, -0.05) is 170 Å². The van der Waals surface area contributed by atoms with Crippen LogP contribution in [0.5, 0.6) is 0 Å². The smallest absolute Gasteiger partial charge is 0.0498 e. The Labute approximate surface area is 255 Å². The second-order valence-corrected chi connectivity index (χ2v) is 11.4. The summed E-state index contributed by atoms with van der Waals surface area (Å²) in [6.45, 7) is 3.84. The fourth-order valence-corrected chi connectivity index (χ4v) is 6.84. The van der Waals surface area contributed by atoms with Gasteiger partial charge in [-0.05, 0) is 79.8 Å². The number of hydrogen-bond donors (Lipinski definition) is 0. The Bertz CT molecular complexity index is 1960. The van der Waals surface area contributed by atoms with Crippen LogP contribution in [0.25, 0.3) is 33.0 Å². The summed E-state index contributed by atoms with van der Waals surface area (Å²) in [5.74, 6) is 0. The Morgan fingerprint density at radius 2 is 1.44 bits per heavy atom. The van der Waals surface area contributed by atoms with E-state index < -0.39 is 0 Å². The molecule has 0 saturated carbocycles. The van der Waals surface area contributed by atoms with Crippen LogP contribution in [0.4, 0.5) is 0 Å². The standard InChI is InChI=1S/C43H34/c1-2-3-4-10-18-37-19-11-5-6-14-29-43(37)40-28-26-35-17-12-13-20-38(35)42(40)39-27-25-36(31-41(39)43)34-23-21-33(22-24-34)30-32-15-8-7-9-16-32/h2-28,31H,1,29-30H2/b4-3-,11-5-,14-6-,18-10-,37-19-. The lowest BCUT2D eigenvalue weighted by molar-refractivity contribution is 0.643. The van der Waals surface area contributed by atoms with Gasteiger partial charge < -0.3 is 0 Å². The molecular formula is C43H34. The van der Waals surface area contributed by atoms with E-state index in [4.69, 9.17) is 0 Å². The van der Waals surface area contributed by atoms with Crippen molar-refractivity contribution >= 4 is 10.8 Å². The third-order valence-electron chi connectivity index (χ3n) is 8.86. The third kappa shape index (κ3) is 4.86. The quantitative estimate of drug-likeness (QED) is 0.184. The number of fused-ring (bicyclic) bond motifs is 7. The normalized spacial score (nSPS) is 20.0.